The van der Waals surface area contributed by atoms with Crippen LogP contribution in [0.15, 0.2) is 0 Å². The van der Waals surface area contributed by atoms with E-state index in [0.717, 1.165) is 44.9 Å². The van der Waals surface area contributed by atoms with Crippen molar-refractivity contribution >= 4 is 47.5 Å². The summed E-state index contributed by atoms with van der Waals surface area (Å²) in [6, 6.07) is -2.70. The molecule has 0 aromatic rings. The van der Waals surface area contributed by atoms with Crippen molar-refractivity contribution in [2.75, 3.05) is 24.7 Å². The fourth-order valence-corrected chi connectivity index (χ4v) is 7.58. The third-order valence-electron chi connectivity index (χ3n) is 10.3. The molecule has 0 saturated heterocycles. The number of carbonyl (C=O) groups is 6. The molecule has 59 heavy (non-hydrogen) atoms. The number of carboxylic acids is 2. The van der Waals surface area contributed by atoms with Crippen molar-refractivity contribution in [2.45, 2.75) is 225 Å². The van der Waals surface area contributed by atoms with Gasteiger partial charge in [-0.15, -0.1) is 0 Å². The van der Waals surface area contributed by atoms with Crippen LogP contribution >= 0.6 is 11.8 Å². The Morgan fingerprint density at radius 3 is 1.46 bits per heavy atom. The van der Waals surface area contributed by atoms with E-state index in [9.17, 15) is 33.9 Å². The highest BCUT2D eigenvalue weighted by atomic mass is 32.2. The number of nitrogens with two attached hydrogens (primary N) is 1. The number of unbranched alkanes of at least 4 members (excludes halogenated alkanes) is 24. The number of nitrogens with one attached hydrogen (secondary N) is 2. The fraction of sp³-hybridized carbons (Fsp3) is 0.867. The molecule has 0 spiro atoms. The van der Waals surface area contributed by atoms with E-state index in [-0.39, 0.29) is 49.3 Å². The first-order chi connectivity index (χ1) is 28.9. The number of ether oxygens (including phenoxy) is 2. The highest BCUT2D eigenvalue weighted by Gasteiger charge is 2.23. The maximum atomic E-state index is 12.8. The van der Waals surface area contributed by atoms with Crippen LogP contribution in [0.4, 0.5) is 0 Å². The Labute approximate surface area is 362 Å². The Morgan fingerprint density at radius 2 is 1.03 bits per heavy atom. The van der Waals surface area contributed by atoms with Gasteiger partial charge in [-0.05, 0) is 19.3 Å². The quantitative estimate of drug-likeness (QED) is 0.0287. The van der Waals surface area contributed by atoms with E-state index in [1.165, 1.54) is 127 Å². The first kappa shape index (κ1) is 54.1. The van der Waals surface area contributed by atoms with Crippen LogP contribution in [0.2, 0.25) is 1.41 Å². The molecule has 6 N–H and O–H groups in total. The van der Waals surface area contributed by atoms with Crippen LogP contribution in [-0.4, -0.2) is 88.7 Å². The van der Waals surface area contributed by atoms with E-state index < -0.39 is 54.9 Å². The molecular weight excluding hydrogens is 775 g/mol. The molecule has 0 aliphatic rings. The van der Waals surface area contributed by atoms with E-state index in [0.29, 0.717) is 11.7 Å². The zero-order valence-corrected chi connectivity index (χ0v) is 37.7. The summed E-state index contributed by atoms with van der Waals surface area (Å²) in [5.74, 6) is -5.07. The predicted molar refractivity (Wildman–Crippen MR) is 236 cm³/mol. The van der Waals surface area contributed by atoms with Gasteiger partial charge in [0.05, 0.1) is 12.6 Å². The minimum atomic E-state index is -1.49. The number of aliphatic carboxylic acids is 2. The van der Waals surface area contributed by atoms with Gasteiger partial charge < -0.3 is 36.0 Å². The number of carboxylic acid groups (broad SMARTS) is 2. The average molecular weight is 859 g/mol. The monoisotopic (exact) mass is 859 g/mol. The van der Waals surface area contributed by atoms with Crippen molar-refractivity contribution in [2.24, 2.45) is 5.73 Å². The number of carbonyl (C=O) groups excluding carboxylic acids is 4. The third-order valence-corrected chi connectivity index (χ3v) is 11.5. The Hall–Kier alpha value is -2.87. The smallest absolute Gasteiger partial charge is 0.326 e. The lowest BCUT2D eigenvalue weighted by molar-refractivity contribution is -0.157. The number of thioether (sulfide) groups is 1. The average Bonchev–Trinajstić information content (AvgIpc) is 3.21. The zero-order valence-electron chi connectivity index (χ0n) is 37.9. The number of hydrogen-bond acceptors (Lipinski definition) is 10. The molecule has 2 amide bonds. The SMILES string of the molecule is [2H]N(CC(=O)N[C@@H](CCC(=O)O)C(=O)O)C(=O)[C@@H](N)CSC[C@@H](COC(=O)CCCCCCCCCCCCCCC)OC(=O)CCCCCCCCCCCCCCC. The van der Waals surface area contributed by atoms with Gasteiger partial charge in [-0.3, -0.25) is 24.0 Å². The normalized spacial score (nSPS) is 12.9. The van der Waals surface area contributed by atoms with Crippen LogP contribution < -0.4 is 16.4 Å². The molecule has 3 atom stereocenters. The van der Waals surface area contributed by atoms with Gasteiger partial charge in [-0.1, -0.05) is 168 Å². The van der Waals surface area contributed by atoms with Gasteiger partial charge in [-0.2, -0.15) is 11.8 Å². The molecule has 0 saturated carbocycles. The minimum Gasteiger partial charge on any atom is -0.481 e. The molecule has 0 aromatic carbocycles. The number of amides is 2. The number of rotatable bonds is 43. The standard InChI is InChI=1S/C45H83N3O10S/c1-3-5-7-9-11-13-15-17-19-21-23-25-27-29-42(52)57-34-37(58-43(53)30-28-26-24-22-20-18-16-14-12-10-8-6-4-2)35-59-36-38(46)44(54)47-33-40(49)48-39(45(55)56)31-32-41(50)51/h37-39H,3-36,46H2,1-2H3,(H,47,54)(H,48,49)(H,50,51)(H,55,56)/t37-,38+,39+/m1/s1/i/hD. The summed E-state index contributed by atoms with van der Waals surface area (Å²) in [4.78, 5) is 72.6. The van der Waals surface area contributed by atoms with E-state index >= 15 is 0 Å². The van der Waals surface area contributed by atoms with Gasteiger partial charge >= 0.3 is 23.9 Å². The minimum absolute atomic E-state index is 0.00596. The molecule has 0 aliphatic heterocycles. The van der Waals surface area contributed by atoms with Crippen molar-refractivity contribution in [1.29, 1.82) is 0 Å². The Balaban J connectivity index is 4.76. The topological polar surface area (TPSA) is 211 Å². The van der Waals surface area contributed by atoms with Crippen LogP contribution in [0.5, 0.6) is 0 Å². The lowest BCUT2D eigenvalue weighted by Gasteiger charge is -2.19. The molecular formula is C45H83N3O10S. The molecule has 14 heteroatoms. The second-order valence-electron chi connectivity index (χ2n) is 16.0. The Kier molecular flexibility index (Phi) is 37.2. The molecule has 0 aliphatic carbocycles. The third kappa shape index (κ3) is 37.8. The van der Waals surface area contributed by atoms with E-state index in [1.807, 2.05) is 0 Å². The van der Waals surface area contributed by atoms with Gasteiger partial charge in [0.1, 0.15) is 18.8 Å². The van der Waals surface area contributed by atoms with Crippen LogP contribution in [0.25, 0.3) is 0 Å². The van der Waals surface area contributed by atoms with Crippen molar-refractivity contribution in [1.82, 2.24) is 10.6 Å². The van der Waals surface area contributed by atoms with Gasteiger partial charge in [0.15, 0.2) is 1.41 Å². The fourth-order valence-electron chi connectivity index (χ4n) is 6.62. The van der Waals surface area contributed by atoms with Crippen molar-refractivity contribution in [3.63, 3.8) is 0 Å². The molecule has 0 radical (unpaired) electrons. The van der Waals surface area contributed by atoms with Crippen LogP contribution in [0.1, 0.15) is 206 Å². The number of esters is 2. The summed E-state index contributed by atoms with van der Waals surface area (Å²) in [6.07, 6.45) is 30.0. The summed E-state index contributed by atoms with van der Waals surface area (Å²) in [5.41, 5.74) is 6.02. The lowest BCUT2D eigenvalue weighted by atomic mass is 10.0. The second-order valence-corrected chi connectivity index (χ2v) is 17.0. The molecule has 0 aromatic heterocycles. The first-order valence-electron chi connectivity index (χ1n) is 23.6. The van der Waals surface area contributed by atoms with Gasteiger partial charge in [0, 0.05) is 30.8 Å². The van der Waals surface area contributed by atoms with Gasteiger partial charge in [-0.25, -0.2) is 4.79 Å². The van der Waals surface area contributed by atoms with Crippen molar-refractivity contribution in [3.8, 4) is 0 Å². The highest BCUT2D eigenvalue weighted by molar-refractivity contribution is 7.99. The molecule has 344 valence electrons. The van der Waals surface area contributed by atoms with Crippen molar-refractivity contribution < 1.29 is 49.9 Å². The molecule has 0 heterocycles. The summed E-state index contributed by atoms with van der Waals surface area (Å²) in [7, 11) is 0. The largest absolute Gasteiger partial charge is 0.481 e. The molecule has 0 unspecified atom stereocenters. The summed E-state index contributed by atoms with van der Waals surface area (Å²) < 4.78 is 19.2. The molecule has 0 fully saturated rings. The molecule has 0 bridgehead atoms. The van der Waals surface area contributed by atoms with Crippen molar-refractivity contribution in [3.05, 3.63) is 0 Å². The summed E-state index contributed by atoms with van der Waals surface area (Å²) in [6.45, 7) is 3.54. The zero-order chi connectivity index (χ0) is 44.6. The number of hydrogen-bond donors (Lipinski definition) is 5. The van der Waals surface area contributed by atoms with E-state index in [2.05, 4.69) is 19.2 Å². The van der Waals surface area contributed by atoms with Crippen LogP contribution in [0, 0.1) is 0 Å². The molecule has 0 rings (SSSR count). The predicted octanol–water partition coefficient (Wildman–Crippen LogP) is 9.01. The lowest BCUT2D eigenvalue weighted by Crippen LogP contribution is -2.49. The van der Waals surface area contributed by atoms with E-state index in [4.69, 9.17) is 21.7 Å². The highest BCUT2D eigenvalue weighted by Crippen LogP contribution is 2.16. The maximum absolute atomic E-state index is 12.8. The van der Waals surface area contributed by atoms with Crippen LogP contribution in [-0.2, 0) is 38.2 Å². The van der Waals surface area contributed by atoms with E-state index in [1.54, 1.807) is 0 Å². The van der Waals surface area contributed by atoms with Crippen LogP contribution in [0.3, 0.4) is 0 Å². The second kappa shape index (κ2) is 40.5. The maximum Gasteiger partial charge on any atom is 0.326 e. The molecule has 13 nitrogen and oxygen atoms in total. The summed E-state index contributed by atoms with van der Waals surface area (Å²) in [5, 5.41) is 20.5. The Morgan fingerprint density at radius 1 is 0.610 bits per heavy atom. The summed E-state index contributed by atoms with van der Waals surface area (Å²) >= 11 is 1.18. The van der Waals surface area contributed by atoms with Gasteiger partial charge in [0.25, 0.3) is 0 Å². The van der Waals surface area contributed by atoms with Gasteiger partial charge in [0.2, 0.25) is 11.8 Å². The first-order valence-corrected chi connectivity index (χ1v) is 24.3. The Bertz CT molecular complexity index is 1150.